The minimum Gasteiger partial charge on any atom is -0.381 e. The molecule has 2 aromatic rings. The highest BCUT2D eigenvalue weighted by atomic mass is 35.5. The van der Waals surface area contributed by atoms with E-state index >= 15 is 0 Å². The Morgan fingerprint density at radius 1 is 1.42 bits per heavy atom. The van der Waals surface area contributed by atoms with Gasteiger partial charge < -0.3 is 10.0 Å². The first-order valence-electron chi connectivity index (χ1n) is 8.01. The molecule has 1 saturated heterocycles. The van der Waals surface area contributed by atoms with E-state index in [2.05, 4.69) is 10.3 Å². The van der Waals surface area contributed by atoms with Gasteiger partial charge in [-0.05, 0) is 38.5 Å². The molecule has 3 rings (SSSR count). The van der Waals surface area contributed by atoms with E-state index in [4.69, 9.17) is 11.6 Å². The summed E-state index contributed by atoms with van der Waals surface area (Å²) in [7, 11) is 0. The summed E-state index contributed by atoms with van der Waals surface area (Å²) in [5, 5.41) is 19.6. The summed E-state index contributed by atoms with van der Waals surface area (Å²) < 4.78 is 1.71. The van der Waals surface area contributed by atoms with Crippen LogP contribution in [0.5, 0.6) is 0 Å². The van der Waals surface area contributed by atoms with Gasteiger partial charge >= 0.3 is 0 Å². The molecule has 0 bridgehead atoms. The lowest BCUT2D eigenvalue weighted by Crippen LogP contribution is -2.35. The molecule has 1 atom stereocenters. The first kappa shape index (κ1) is 16.9. The zero-order chi connectivity index (χ0) is 17.5. The number of carbonyl (C=O) groups excluding carboxylic acids is 1. The molecule has 0 saturated carbocycles. The Balaban J connectivity index is 1.81. The lowest BCUT2D eigenvalue weighted by Gasteiger charge is -2.22. The second-order valence-corrected chi connectivity index (χ2v) is 7.01. The van der Waals surface area contributed by atoms with Gasteiger partial charge in [-0.1, -0.05) is 22.9 Å². The van der Waals surface area contributed by atoms with Crippen molar-refractivity contribution in [2.24, 2.45) is 0 Å². The number of rotatable bonds is 3. The van der Waals surface area contributed by atoms with E-state index in [0.717, 1.165) is 5.56 Å². The SMILES string of the molecule is Cc1c(Cl)cccc1C(=O)N1CC[C@](O)(c2cn(C(C)C)nn2)C1. The average Bonchev–Trinajstić information content (AvgIpc) is 3.17. The number of β-amino-alcohol motifs (C(OH)–C–C–N with tert-alkyl or cyclic N) is 1. The maximum absolute atomic E-state index is 12.8. The van der Waals surface area contributed by atoms with Crippen molar-refractivity contribution in [3.05, 3.63) is 46.2 Å². The number of hydrogen-bond donors (Lipinski definition) is 1. The number of halogens is 1. The highest BCUT2D eigenvalue weighted by Gasteiger charge is 2.42. The molecule has 0 spiro atoms. The number of benzene rings is 1. The van der Waals surface area contributed by atoms with Gasteiger partial charge in [0.25, 0.3) is 5.91 Å². The second-order valence-electron chi connectivity index (χ2n) is 6.60. The third-order valence-corrected chi connectivity index (χ3v) is 4.96. The van der Waals surface area contributed by atoms with Gasteiger partial charge in [-0.15, -0.1) is 5.10 Å². The van der Waals surface area contributed by atoms with Gasteiger partial charge in [0.2, 0.25) is 0 Å². The second kappa shape index (κ2) is 6.18. The zero-order valence-corrected chi connectivity index (χ0v) is 14.8. The first-order valence-corrected chi connectivity index (χ1v) is 8.39. The number of nitrogens with zero attached hydrogens (tertiary/aromatic N) is 4. The Kier molecular flexibility index (Phi) is 4.36. The van der Waals surface area contributed by atoms with Crippen molar-refractivity contribution < 1.29 is 9.90 Å². The Hall–Kier alpha value is -1.92. The Labute approximate surface area is 146 Å². The molecule has 24 heavy (non-hydrogen) atoms. The fourth-order valence-electron chi connectivity index (χ4n) is 2.93. The molecule has 0 aliphatic carbocycles. The Morgan fingerprint density at radius 2 is 2.17 bits per heavy atom. The molecule has 1 amide bonds. The lowest BCUT2D eigenvalue weighted by atomic mass is 10.00. The predicted octanol–water partition coefficient (Wildman–Crippen LogP) is 2.55. The predicted molar refractivity (Wildman–Crippen MR) is 91.0 cm³/mol. The number of likely N-dealkylation sites (tertiary alicyclic amines) is 1. The molecule has 1 aromatic carbocycles. The fourth-order valence-corrected chi connectivity index (χ4v) is 3.10. The van der Waals surface area contributed by atoms with Crippen LogP contribution in [0.15, 0.2) is 24.4 Å². The van der Waals surface area contributed by atoms with Gasteiger partial charge in [-0.25, -0.2) is 4.68 Å². The van der Waals surface area contributed by atoms with Crippen LogP contribution in [0.1, 0.15) is 47.9 Å². The van der Waals surface area contributed by atoms with Crippen LogP contribution in [0.25, 0.3) is 0 Å². The third-order valence-electron chi connectivity index (χ3n) is 4.55. The van der Waals surface area contributed by atoms with E-state index in [9.17, 15) is 9.90 Å². The van der Waals surface area contributed by atoms with Crippen molar-refractivity contribution in [2.75, 3.05) is 13.1 Å². The molecule has 1 aliphatic heterocycles. The quantitative estimate of drug-likeness (QED) is 0.925. The van der Waals surface area contributed by atoms with Crippen molar-refractivity contribution in [3.8, 4) is 0 Å². The highest BCUT2D eigenvalue weighted by molar-refractivity contribution is 6.31. The van der Waals surface area contributed by atoms with Gasteiger partial charge in [0.1, 0.15) is 11.3 Å². The van der Waals surface area contributed by atoms with Crippen molar-refractivity contribution in [1.29, 1.82) is 0 Å². The van der Waals surface area contributed by atoms with Crippen LogP contribution in [0.3, 0.4) is 0 Å². The van der Waals surface area contributed by atoms with E-state index < -0.39 is 5.60 Å². The summed E-state index contributed by atoms with van der Waals surface area (Å²) in [6.45, 7) is 6.49. The van der Waals surface area contributed by atoms with Crippen LogP contribution in [-0.4, -0.2) is 44.0 Å². The molecule has 6 nitrogen and oxygen atoms in total. The maximum Gasteiger partial charge on any atom is 0.254 e. The molecular weight excluding hydrogens is 328 g/mol. The van der Waals surface area contributed by atoms with Crippen molar-refractivity contribution in [2.45, 2.75) is 38.8 Å². The highest BCUT2D eigenvalue weighted by Crippen LogP contribution is 2.32. The van der Waals surface area contributed by atoms with Crippen LogP contribution in [-0.2, 0) is 5.60 Å². The van der Waals surface area contributed by atoms with Crippen molar-refractivity contribution in [1.82, 2.24) is 19.9 Å². The minimum absolute atomic E-state index is 0.123. The van der Waals surface area contributed by atoms with Crippen LogP contribution in [0.4, 0.5) is 0 Å². The summed E-state index contributed by atoms with van der Waals surface area (Å²) >= 11 is 6.11. The monoisotopic (exact) mass is 348 g/mol. The largest absolute Gasteiger partial charge is 0.381 e. The smallest absolute Gasteiger partial charge is 0.254 e. The molecule has 7 heteroatoms. The molecule has 1 N–H and O–H groups in total. The molecule has 0 unspecified atom stereocenters. The molecule has 128 valence electrons. The summed E-state index contributed by atoms with van der Waals surface area (Å²) in [5.41, 5.74) is 0.673. The summed E-state index contributed by atoms with van der Waals surface area (Å²) in [6.07, 6.45) is 2.19. The van der Waals surface area contributed by atoms with E-state index in [1.165, 1.54) is 0 Å². The Morgan fingerprint density at radius 3 is 2.83 bits per heavy atom. The van der Waals surface area contributed by atoms with Crippen LogP contribution in [0.2, 0.25) is 5.02 Å². The van der Waals surface area contributed by atoms with Gasteiger partial charge in [0, 0.05) is 29.6 Å². The van der Waals surface area contributed by atoms with E-state index in [-0.39, 0.29) is 18.5 Å². The summed E-state index contributed by atoms with van der Waals surface area (Å²) in [4.78, 5) is 14.4. The molecule has 1 fully saturated rings. The van der Waals surface area contributed by atoms with E-state index in [1.54, 1.807) is 34.0 Å². The van der Waals surface area contributed by atoms with Crippen molar-refractivity contribution >= 4 is 17.5 Å². The van der Waals surface area contributed by atoms with Crippen molar-refractivity contribution in [3.63, 3.8) is 0 Å². The first-order chi connectivity index (χ1) is 11.3. The minimum atomic E-state index is -1.16. The lowest BCUT2D eigenvalue weighted by molar-refractivity contribution is 0.0381. The van der Waals surface area contributed by atoms with Crippen LogP contribution >= 0.6 is 11.6 Å². The number of aromatic nitrogens is 3. The number of aliphatic hydroxyl groups is 1. The van der Waals surface area contributed by atoms with E-state index in [0.29, 0.717) is 29.2 Å². The molecular formula is C17H21ClN4O2. The number of amides is 1. The zero-order valence-electron chi connectivity index (χ0n) is 14.0. The van der Waals surface area contributed by atoms with Gasteiger partial charge in [0.05, 0.1) is 12.7 Å². The van der Waals surface area contributed by atoms with E-state index in [1.807, 2.05) is 20.8 Å². The molecule has 0 radical (unpaired) electrons. The summed E-state index contributed by atoms with van der Waals surface area (Å²) in [6, 6.07) is 5.45. The fraction of sp³-hybridized carbons (Fsp3) is 0.471. The number of hydrogen-bond acceptors (Lipinski definition) is 4. The van der Waals surface area contributed by atoms with Gasteiger partial charge in [-0.3, -0.25) is 4.79 Å². The van der Waals surface area contributed by atoms with Crippen LogP contribution in [0, 0.1) is 6.92 Å². The molecule has 1 aliphatic rings. The summed E-state index contributed by atoms with van der Waals surface area (Å²) in [5.74, 6) is -0.123. The average molecular weight is 349 g/mol. The number of carbonyl (C=O) groups is 1. The normalized spacial score (nSPS) is 20.8. The molecule has 1 aromatic heterocycles. The maximum atomic E-state index is 12.8. The topological polar surface area (TPSA) is 71.2 Å². The van der Waals surface area contributed by atoms with Gasteiger partial charge in [0.15, 0.2) is 0 Å². The Bertz CT molecular complexity index is 774. The standard InChI is InChI=1S/C17H21ClN4O2/c1-11(2)22-9-15(19-20-22)17(24)7-8-21(10-17)16(23)13-5-4-6-14(18)12(13)3/h4-6,9,11,24H,7-8,10H2,1-3H3/t17-/m1/s1. The molecule has 2 heterocycles. The third kappa shape index (κ3) is 2.91. The van der Waals surface area contributed by atoms with Gasteiger partial charge in [-0.2, -0.15) is 0 Å². The van der Waals surface area contributed by atoms with Crippen LogP contribution < -0.4 is 0 Å².